The van der Waals surface area contributed by atoms with Crippen molar-refractivity contribution < 1.29 is 13.5 Å². The molecule has 0 atom stereocenters. The highest BCUT2D eigenvalue weighted by atomic mass is 35.5. The first-order valence-corrected chi connectivity index (χ1v) is 11.5. The Morgan fingerprint density at radius 3 is 2.53 bits per heavy atom. The second kappa shape index (κ2) is 11.2. The zero-order valence-electron chi connectivity index (χ0n) is 19.0. The van der Waals surface area contributed by atoms with Gasteiger partial charge < -0.3 is 15.4 Å². The van der Waals surface area contributed by atoms with Crippen LogP contribution in [0.15, 0.2) is 36.5 Å². The Hall–Kier alpha value is -2.66. The van der Waals surface area contributed by atoms with Gasteiger partial charge in [-0.05, 0) is 18.2 Å². The van der Waals surface area contributed by atoms with Gasteiger partial charge in [-0.1, -0.05) is 35.9 Å². The number of nitrogen functional groups attached to an aromatic ring is 1. The van der Waals surface area contributed by atoms with Crippen LogP contribution >= 0.6 is 11.6 Å². The summed E-state index contributed by atoms with van der Waals surface area (Å²) in [7, 11) is 2.13. The average molecular weight is 492 g/mol. The van der Waals surface area contributed by atoms with Gasteiger partial charge in [0.05, 0.1) is 18.9 Å². The Labute approximate surface area is 202 Å². The predicted molar refractivity (Wildman–Crippen MR) is 127 cm³/mol. The van der Waals surface area contributed by atoms with Crippen LogP contribution in [0, 0.1) is 0 Å². The van der Waals surface area contributed by atoms with Gasteiger partial charge in [-0.2, -0.15) is 13.9 Å². The van der Waals surface area contributed by atoms with E-state index in [9.17, 15) is 8.78 Å². The third-order valence-electron chi connectivity index (χ3n) is 5.87. The van der Waals surface area contributed by atoms with Gasteiger partial charge in [-0.3, -0.25) is 4.90 Å². The van der Waals surface area contributed by atoms with Crippen LogP contribution in [0.2, 0.25) is 5.15 Å². The van der Waals surface area contributed by atoms with E-state index in [1.54, 1.807) is 0 Å². The molecule has 3 heterocycles. The maximum atomic E-state index is 13.4. The fraction of sp³-hybridized carbons (Fsp3) is 0.435. The summed E-state index contributed by atoms with van der Waals surface area (Å²) in [6.45, 7) is 3.41. The minimum absolute atomic E-state index is 0.0470. The number of rotatable bonds is 9. The lowest BCUT2D eigenvalue weighted by Gasteiger charge is -2.32. The smallest absolute Gasteiger partial charge is 0.333 e. The third-order valence-corrected chi connectivity index (χ3v) is 6.06. The lowest BCUT2D eigenvalue weighted by molar-refractivity contribution is 0.0567. The minimum Gasteiger partial charge on any atom is -0.375 e. The van der Waals surface area contributed by atoms with Crippen molar-refractivity contribution in [2.24, 2.45) is 0 Å². The number of alkyl halides is 2. The molecule has 2 N–H and O–H groups in total. The normalized spacial score (nSPS) is 15.3. The van der Waals surface area contributed by atoms with Gasteiger partial charge in [0.15, 0.2) is 0 Å². The van der Waals surface area contributed by atoms with Gasteiger partial charge in [0.2, 0.25) is 5.95 Å². The summed E-state index contributed by atoms with van der Waals surface area (Å²) in [6.07, 6.45) is 1.71. The van der Waals surface area contributed by atoms with E-state index < -0.39 is 6.55 Å². The standard InChI is InChI=1S/C23H28ClF2N7O/c1-31-6-8-32(9-7-31)10-11-34-15-17-5-3-2-4-16(17)12-18-14-33(22(25)26)30-21(18)19-13-20(24)29-23(27)28-19/h2-5,13-14,22H,6-12,15H2,1H3,(H2,27,28,29). The largest absolute Gasteiger partial charge is 0.375 e. The first-order valence-electron chi connectivity index (χ1n) is 11.1. The van der Waals surface area contributed by atoms with Crippen molar-refractivity contribution in [2.75, 3.05) is 52.1 Å². The number of likely N-dealkylation sites (N-methyl/N-ethyl adjacent to an activating group) is 1. The number of ether oxygens (including phenoxy) is 1. The molecule has 1 aliphatic rings. The van der Waals surface area contributed by atoms with Crippen molar-refractivity contribution in [3.63, 3.8) is 0 Å². The van der Waals surface area contributed by atoms with Crippen molar-refractivity contribution in [1.82, 2.24) is 29.5 Å². The highest BCUT2D eigenvalue weighted by molar-refractivity contribution is 6.29. The fourth-order valence-electron chi connectivity index (χ4n) is 3.95. The molecule has 2 aromatic heterocycles. The van der Waals surface area contributed by atoms with Crippen molar-refractivity contribution in [1.29, 1.82) is 0 Å². The average Bonchev–Trinajstić information content (AvgIpc) is 3.22. The molecule has 1 saturated heterocycles. The summed E-state index contributed by atoms with van der Waals surface area (Å²) in [5.74, 6) is -0.0470. The molecule has 3 aromatic rings. The van der Waals surface area contributed by atoms with E-state index in [4.69, 9.17) is 22.1 Å². The first-order chi connectivity index (χ1) is 16.4. The molecular formula is C23H28ClF2N7O. The molecule has 0 spiro atoms. The first kappa shape index (κ1) is 24.5. The van der Waals surface area contributed by atoms with E-state index in [1.807, 2.05) is 24.3 Å². The molecule has 4 rings (SSSR count). The summed E-state index contributed by atoms with van der Waals surface area (Å²) in [5, 5.41) is 4.16. The Morgan fingerprint density at radius 1 is 1.09 bits per heavy atom. The number of nitrogens with two attached hydrogens (primary N) is 1. The van der Waals surface area contributed by atoms with Crippen LogP contribution in [-0.2, 0) is 17.8 Å². The van der Waals surface area contributed by atoms with E-state index in [2.05, 4.69) is 31.9 Å². The number of benzene rings is 1. The molecule has 1 aromatic carbocycles. The number of aromatic nitrogens is 4. The molecule has 1 fully saturated rings. The van der Waals surface area contributed by atoms with Crippen LogP contribution in [0.1, 0.15) is 23.2 Å². The van der Waals surface area contributed by atoms with Crippen molar-refractivity contribution in [3.8, 4) is 11.4 Å². The summed E-state index contributed by atoms with van der Waals surface area (Å²) in [4.78, 5) is 12.7. The Morgan fingerprint density at radius 2 is 1.82 bits per heavy atom. The molecule has 182 valence electrons. The molecular weight excluding hydrogens is 464 g/mol. The maximum absolute atomic E-state index is 13.4. The number of hydrogen-bond donors (Lipinski definition) is 1. The van der Waals surface area contributed by atoms with Crippen molar-refractivity contribution >= 4 is 17.5 Å². The summed E-state index contributed by atoms with van der Waals surface area (Å²) in [5.41, 5.74) is 8.84. The van der Waals surface area contributed by atoms with E-state index in [0.29, 0.717) is 41.3 Å². The maximum Gasteiger partial charge on any atom is 0.333 e. The molecule has 0 bridgehead atoms. The second-order valence-electron chi connectivity index (χ2n) is 8.34. The molecule has 0 radical (unpaired) electrons. The predicted octanol–water partition coefficient (Wildman–Crippen LogP) is 3.33. The van der Waals surface area contributed by atoms with Crippen LogP contribution in [0.25, 0.3) is 11.4 Å². The van der Waals surface area contributed by atoms with Gasteiger partial charge >= 0.3 is 6.55 Å². The highest BCUT2D eigenvalue weighted by Crippen LogP contribution is 2.28. The highest BCUT2D eigenvalue weighted by Gasteiger charge is 2.19. The lowest BCUT2D eigenvalue weighted by Crippen LogP contribution is -2.45. The van der Waals surface area contributed by atoms with E-state index >= 15 is 0 Å². The minimum atomic E-state index is -2.78. The molecule has 0 saturated carbocycles. The van der Waals surface area contributed by atoms with E-state index in [-0.39, 0.29) is 11.1 Å². The molecule has 1 aliphatic heterocycles. The number of halogens is 3. The van der Waals surface area contributed by atoms with Gasteiger partial charge in [0.25, 0.3) is 0 Å². The summed E-state index contributed by atoms with van der Waals surface area (Å²) < 4.78 is 33.4. The fourth-order valence-corrected chi connectivity index (χ4v) is 4.14. The second-order valence-corrected chi connectivity index (χ2v) is 8.72. The third kappa shape index (κ3) is 6.26. The zero-order valence-corrected chi connectivity index (χ0v) is 19.8. The molecule has 0 aliphatic carbocycles. The van der Waals surface area contributed by atoms with Gasteiger partial charge in [0, 0.05) is 57.0 Å². The monoisotopic (exact) mass is 491 g/mol. The van der Waals surface area contributed by atoms with Gasteiger partial charge in [0.1, 0.15) is 10.8 Å². The summed E-state index contributed by atoms with van der Waals surface area (Å²) >= 11 is 6.01. The SMILES string of the molecule is CN1CCN(CCOCc2ccccc2Cc2cn(C(F)F)nc2-c2cc(Cl)nc(N)n2)CC1. The molecule has 0 unspecified atom stereocenters. The number of piperazine rings is 1. The van der Waals surface area contributed by atoms with Crippen molar-refractivity contribution in [2.45, 2.75) is 19.6 Å². The van der Waals surface area contributed by atoms with Crippen LogP contribution in [0.3, 0.4) is 0 Å². The van der Waals surface area contributed by atoms with Gasteiger partial charge in [-0.25, -0.2) is 14.6 Å². The molecule has 34 heavy (non-hydrogen) atoms. The van der Waals surface area contributed by atoms with Crippen LogP contribution in [-0.4, -0.2) is 75.9 Å². The van der Waals surface area contributed by atoms with Gasteiger partial charge in [-0.15, -0.1) is 0 Å². The van der Waals surface area contributed by atoms with Crippen LogP contribution in [0.4, 0.5) is 14.7 Å². The van der Waals surface area contributed by atoms with Crippen LogP contribution < -0.4 is 5.73 Å². The lowest BCUT2D eigenvalue weighted by atomic mass is 9.99. The van der Waals surface area contributed by atoms with Crippen molar-refractivity contribution in [3.05, 3.63) is 58.4 Å². The van der Waals surface area contributed by atoms with E-state index in [0.717, 1.165) is 43.9 Å². The van der Waals surface area contributed by atoms with Crippen LogP contribution in [0.5, 0.6) is 0 Å². The Balaban J connectivity index is 1.47. The molecule has 8 nitrogen and oxygen atoms in total. The topological polar surface area (TPSA) is 85.3 Å². The summed E-state index contributed by atoms with van der Waals surface area (Å²) in [6, 6.07) is 9.27. The Kier molecular flexibility index (Phi) is 8.04. The number of anilines is 1. The zero-order chi connectivity index (χ0) is 24.1. The molecule has 0 amide bonds. The quantitative estimate of drug-likeness (QED) is 0.363. The molecule has 11 heteroatoms. The number of nitrogens with zero attached hydrogens (tertiary/aromatic N) is 6. The van der Waals surface area contributed by atoms with E-state index in [1.165, 1.54) is 12.3 Å². The number of hydrogen-bond acceptors (Lipinski definition) is 7. The Bertz CT molecular complexity index is 1080.